The number of carbonyl (C=O) groups excluding carboxylic acids is 9. The lowest BCUT2D eigenvalue weighted by Gasteiger charge is -2.33. The fourth-order valence-corrected chi connectivity index (χ4v) is 9.18. The average Bonchev–Trinajstić information content (AvgIpc) is 4.27. The number of benzene rings is 3. The summed E-state index contributed by atoms with van der Waals surface area (Å²) in [4.78, 5) is 126. The van der Waals surface area contributed by atoms with Gasteiger partial charge in [-0.15, -0.1) is 0 Å². The smallest absolute Gasteiger partial charge is 0.311 e. The van der Waals surface area contributed by atoms with E-state index in [0.29, 0.717) is 11.5 Å². The molecule has 21 heteroatoms. The van der Waals surface area contributed by atoms with Crippen molar-refractivity contribution in [1.82, 2.24) is 14.7 Å². The predicted octanol–water partition coefficient (Wildman–Crippen LogP) is 8.83. The number of hydrogen-bond acceptors (Lipinski definition) is 18. The van der Waals surface area contributed by atoms with Crippen molar-refractivity contribution in [2.45, 2.75) is 160 Å². The number of ether oxygens (including phenoxy) is 9. The molecule has 5 atom stereocenters. The fourth-order valence-electron chi connectivity index (χ4n) is 9.18. The van der Waals surface area contributed by atoms with E-state index in [-0.39, 0.29) is 123 Å². The summed E-state index contributed by atoms with van der Waals surface area (Å²) in [5.74, 6) is -2.44. The van der Waals surface area contributed by atoms with Crippen LogP contribution in [-0.2, 0) is 43.0 Å². The van der Waals surface area contributed by atoms with Crippen molar-refractivity contribution in [3.8, 4) is 34.5 Å². The van der Waals surface area contributed by atoms with Crippen LogP contribution in [0, 0.1) is 27.6 Å². The zero-order chi connectivity index (χ0) is 62.4. The minimum atomic E-state index is -1.16. The molecule has 5 unspecified atom stereocenters. The van der Waals surface area contributed by atoms with E-state index in [4.69, 9.17) is 42.6 Å². The number of amides is 3. The van der Waals surface area contributed by atoms with Crippen molar-refractivity contribution < 1.29 is 85.8 Å². The molecule has 0 N–H and O–H groups in total. The quantitative estimate of drug-likeness (QED) is 0.0393. The second-order valence-electron chi connectivity index (χ2n) is 25.6. The van der Waals surface area contributed by atoms with E-state index in [1.54, 1.807) is 134 Å². The van der Waals surface area contributed by atoms with Crippen molar-refractivity contribution in [3.05, 3.63) is 71.3 Å². The van der Waals surface area contributed by atoms with Gasteiger partial charge in [-0.2, -0.15) is 0 Å². The normalized spacial score (nSPS) is 16.2. The first-order valence-electron chi connectivity index (χ1n) is 28.4. The molecule has 21 nitrogen and oxygen atoms in total. The molecule has 458 valence electrons. The molecule has 0 aliphatic carbocycles. The summed E-state index contributed by atoms with van der Waals surface area (Å²) in [7, 11) is 1.53. The molecule has 3 aromatic carbocycles. The third-order valence-corrected chi connectivity index (χ3v) is 14.6. The van der Waals surface area contributed by atoms with Gasteiger partial charge in [-0.1, -0.05) is 62.3 Å². The van der Waals surface area contributed by atoms with Crippen LogP contribution in [0.3, 0.4) is 0 Å². The van der Waals surface area contributed by atoms with Gasteiger partial charge in [0.15, 0.2) is 51.8 Å². The molecule has 3 aliphatic rings. The number of nitrogens with zero attached hydrogens (tertiary/aromatic N) is 3. The lowest BCUT2D eigenvalue weighted by Crippen LogP contribution is -2.50. The Labute approximate surface area is 492 Å². The number of hydrogen-bond donors (Lipinski definition) is 0. The molecule has 6 rings (SSSR count). The molecule has 0 radical (unpaired) electrons. The first-order valence-corrected chi connectivity index (χ1v) is 28.4. The van der Waals surface area contributed by atoms with Crippen LogP contribution in [0.5, 0.6) is 34.5 Å². The van der Waals surface area contributed by atoms with Gasteiger partial charge in [0.1, 0.15) is 0 Å². The van der Waals surface area contributed by atoms with Crippen LogP contribution >= 0.6 is 0 Å². The summed E-state index contributed by atoms with van der Waals surface area (Å²) in [5, 5.41) is 0. The minimum absolute atomic E-state index is 0.00189. The summed E-state index contributed by atoms with van der Waals surface area (Å²) in [6, 6.07) is 10.8. The van der Waals surface area contributed by atoms with Gasteiger partial charge < -0.3 is 57.3 Å². The van der Waals surface area contributed by atoms with Crippen molar-refractivity contribution in [1.29, 1.82) is 0 Å². The average molecular weight is 1170 g/mol. The first kappa shape index (κ1) is 65.4. The van der Waals surface area contributed by atoms with E-state index in [2.05, 4.69) is 0 Å². The topological polar surface area (TPSA) is 246 Å². The molecular formula is C63H83N3O18. The molecule has 0 fully saturated rings. The zero-order valence-electron chi connectivity index (χ0n) is 51.4. The van der Waals surface area contributed by atoms with Crippen molar-refractivity contribution in [2.24, 2.45) is 27.6 Å². The monoisotopic (exact) mass is 1170 g/mol. The summed E-state index contributed by atoms with van der Waals surface area (Å²) in [5.41, 5.74) is -2.49. The Bertz CT molecular complexity index is 2990. The fraction of sp³-hybridized carbons (Fsp3) is 0.571. The number of likely N-dealkylation sites (N-methyl/N-ethyl adjacent to an activating group) is 1. The van der Waals surface area contributed by atoms with Gasteiger partial charge in [0.05, 0.1) is 62.4 Å². The van der Waals surface area contributed by atoms with Crippen LogP contribution in [0.2, 0.25) is 0 Å². The molecule has 0 saturated heterocycles. The van der Waals surface area contributed by atoms with E-state index in [1.165, 1.54) is 46.0 Å². The maximum Gasteiger partial charge on any atom is 0.311 e. The highest BCUT2D eigenvalue weighted by molar-refractivity contribution is 6.04. The number of Topliss-reactive ketones (excluding diaryl/α,β-unsaturated/α-hetero) is 3. The largest absolute Gasteiger partial charge is 0.465 e. The Morgan fingerprint density at radius 2 is 0.881 bits per heavy atom. The van der Waals surface area contributed by atoms with Crippen LogP contribution in [0.15, 0.2) is 54.6 Å². The number of esters is 3. The van der Waals surface area contributed by atoms with Gasteiger partial charge in [-0.3, -0.25) is 43.2 Å². The van der Waals surface area contributed by atoms with Crippen LogP contribution in [0.1, 0.15) is 161 Å². The van der Waals surface area contributed by atoms with Crippen LogP contribution in [0.25, 0.3) is 0 Å². The van der Waals surface area contributed by atoms with E-state index in [9.17, 15) is 43.2 Å². The maximum atomic E-state index is 14.7. The van der Waals surface area contributed by atoms with Crippen LogP contribution < -0.4 is 28.4 Å². The Balaban J connectivity index is 1.18. The SMILES string of the molecule is CCC(=O)OCC(C)(C)CC(=O)N(CC1Oc2ccc(C(=O)C(C)N(CC3Oc4ccc(C(=O)C(C)N(C)C(=O)CC(C)(C)COC(=O)C(C)(C)C)cc4O3)C(=O)CC(C)(C)COC(=O)C(C)C)cc2O1)C(C)C(=O)c1ccc2c(c1)OCO2. The Morgan fingerprint density at radius 3 is 1.32 bits per heavy atom. The third kappa shape index (κ3) is 16.8. The summed E-state index contributed by atoms with van der Waals surface area (Å²) >= 11 is 0. The highest BCUT2D eigenvalue weighted by Crippen LogP contribution is 2.40. The van der Waals surface area contributed by atoms with Crippen LogP contribution in [-0.4, -0.2) is 145 Å². The zero-order valence-corrected chi connectivity index (χ0v) is 51.4. The third-order valence-electron chi connectivity index (χ3n) is 14.6. The van der Waals surface area contributed by atoms with Gasteiger partial charge in [-0.25, -0.2) is 0 Å². The van der Waals surface area contributed by atoms with Gasteiger partial charge in [0, 0.05) is 65.7 Å². The molecule has 84 heavy (non-hydrogen) atoms. The van der Waals surface area contributed by atoms with E-state index in [0.717, 1.165) is 0 Å². The van der Waals surface area contributed by atoms with Gasteiger partial charge >= 0.3 is 17.9 Å². The molecule has 0 saturated carbocycles. The molecule has 0 aromatic heterocycles. The van der Waals surface area contributed by atoms with Gasteiger partial charge in [-0.05, 0) is 96.1 Å². The number of ketones is 3. The lowest BCUT2D eigenvalue weighted by atomic mass is 9.89. The molecule has 3 heterocycles. The number of rotatable bonds is 27. The second-order valence-corrected chi connectivity index (χ2v) is 25.6. The molecule has 3 aliphatic heterocycles. The minimum Gasteiger partial charge on any atom is -0.465 e. The Hall–Kier alpha value is -7.71. The van der Waals surface area contributed by atoms with E-state index < -0.39 is 93.6 Å². The standard InChI is InChI=1S/C63H83N3O18/c1-17-52(70)76-32-62(12,13)28-50(68)65(38(5)56(72)40-18-21-43-46(24-40)80-35-79-43)30-54-82-45-23-20-42(26-48(45)84-54)57(73)39(6)66(51(69)29-63(14,15)33-77-58(74)36(2)3)31-53-81-44-22-19-41(25-47(44)83-53)55(71)37(4)64(16)49(67)27-61(10,11)34-78-59(75)60(7,8)9/h18-26,36-39,53-54H,17,27-35H2,1-16H3. The molecule has 0 bridgehead atoms. The van der Waals surface area contributed by atoms with Crippen molar-refractivity contribution >= 4 is 53.0 Å². The summed E-state index contributed by atoms with van der Waals surface area (Å²) in [6.45, 7) is 25.1. The van der Waals surface area contributed by atoms with Gasteiger partial charge in [0.2, 0.25) is 24.5 Å². The Kier molecular flexibility index (Phi) is 20.6. The molecule has 0 spiro atoms. The highest BCUT2D eigenvalue weighted by Gasteiger charge is 2.40. The Morgan fingerprint density at radius 1 is 0.500 bits per heavy atom. The predicted molar refractivity (Wildman–Crippen MR) is 306 cm³/mol. The van der Waals surface area contributed by atoms with E-state index in [1.807, 2.05) is 0 Å². The highest BCUT2D eigenvalue weighted by atomic mass is 16.7. The lowest BCUT2D eigenvalue weighted by molar-refractivity contribution is -0.157. The summed E-state index contributed by atoms with van der Waals surface area (Å²) in [6.07, 6.45) is -2.39. The summed E-state index contributed by atoms with van der Waals surface area (Å²) < 4.78 is 52.2. The first-order chi connectivity index (χ1) is 39.1. The molecule has 3 aromatic rings. The van der Waals surface area contributed by atoms with Crippen LogP contribution in [0.4, 0.5) is 0 Å². The second kappa shape index (κ2) is 26.5. The van der Waals surface area contributed by atoms with E-state index >= 15 is 0 Å². The molecular weight excluding hydrogens is 1090 g/mol. The van der Waals surface area contributed by atoms with Gasteiger partial charge in [0.25, 0.3) is 12.6 Å². The van der Waals surface area contributed by atoms with Crippen molar-refractivity contribution in [3.63, 3.8) is 0 Å². The maximum absolute atomic E-state index is 14.7. The number of carbonyl (C=O) groups is 9. The number of fused-ring (bicyclic) bond motifs is 3. The molecule has 3 amide bonds. The van der Waals surface area contributed by atoms with Crippen molar-refractivity contribution in [2.75, 3.05) is 46.8 Å².